The monoisotopic (exact) mass is 537 g/mol. The molecule has 0 bridgehead atoms. The molecule has 0 spiro atoms. The van der Waals surface area contributed by atoms with E-state index in [2.05, 4.69) is 10.3 Å². The average Bonchev–Trinajstić information content (AvgIpc) is 3.00. The zero-order valence-corrected chi connectivity index (χ0v) is 22.1. The van der Waals surface area contributed by atoms with Crippen molar-refractivity contribution in [2.45, 2.75) is 6.61 Å². The lowest BCUT2D eigenvalue weighted by molar-refractivity contribution is 0.112. The van der Waals surface area contributed by atoms with Gasteiger partial charge in [0.1, 0.15) is 18.1 Å². The molecule has 4 N–H and O–H groups in total. The number of nitrogens with two attached hydrogens (primary N) is 1. The van der Waals surface area contributed by atoms with Gasteiger partial charge in [-0.15, -0.1) is 0 Å². The van der Waals surface area contributed by atoms with E-state index in [1.807, 2.05) is 115 Å². The number of nitrogens with one attached hydrogen (secondary N) is 1. The van der Waals surface area contributed by atoms with E-state index in [0.29, 0.717) is 17.6 Å². The van der Waals surface area contributed by atoms with Gasteiger partial charge in [0.2, 0.25) is 0 Å². The van der Waals surface area contributed by atoms with Crippen molar-refractivity contribution in [2.24, 2.45) is 10.7 Å². The third-order valence-electron chi connectivity index (χ3n) is 6.92. The molecule has 6 aromatic rings. The molecule has 0 aliphatic heterocycles. The van der Waals surface area contributed by atoms with Gasteiger partial charge in [-0.3, -0.25) is 4.79 Å². The second-order valence-corrected chi connectivity index (χ2v) is 9.63. The number of rotatable bonds is 7. The zero-order chi connectivity index (χ0) is 28.2. The molecule has 6 heteroatoms. The van der Waals surface area contributed by atoms with Crippen LogP contribution < -0.4 is 15.8 Å². The van der Waals surface area contributed by atoms with Gasteiger partial charge in [-0.1, -0.05) is 84.9 Å². The first-order chi connectivity index (χ1) is 20.1. The first-order valence-corrected chi connectivity index (χ1v) is 13.2. The molecule has 6 aromatic carbocycles. The Labute approximate surface area is 237 Å². The lowest BCUT2D eigenvalue weighted by atomic mass is 9.90. The maximum absolute atomic E-state index is 11.9. The van der Waals surface area contributed by atoms with Crippen molar-refractivity contribution in [3.05, 3.63) is 132 Å². The summed E-state index contributed by atoms with van der Waals surface area (Å²) < 4.78 is 6.43. The molecule has 0 aliphatic rings. The van der Waals surface area contributed by atoms with Gasteiger partial charge in [0.25, 0.3) is 0 Å². The van der Waals surface area contributed by atoms with Crippen LogP contribution in [0.25, 0.3) is 32.7 Å². The van der Waals surface area contributed by atoms with Crippen LogP contribution in [0.3, 0.4) is 0 Å². The van der Waals surface area contributed by atoms with E-state index in [1.54, 1.807) is 6.07 Å². The standard InChI is InChI=1S/C35H27N3O3/c36-35(37-27-12-2-1-3-13-27)38-28-14-8-9-23(19-28)22-41-31-18-17-24-10-4-6-15-29(24)32(31)33-30-16-7-5-11-25(30)20-26(21-39)34(33)40/h1-21,40H,22H2,(H3,36,37,38). The smallest absolute Gasteiger partial charge is 0.198 e. The molecule has 0 amide bonds. The molecule has 0 radical (unpaired) electrons. The summed E-state index contributed by atoms with van der Waals surface area (Å²) in [5.41, 5.74) is 10.1. The van der Waals surface area contributed by atoms with E-state index in [-0.39, 0.29) is 23.9 Å². The van der Waals surface area contributed by atoms with Gasteiger partial charge in [0.05, 0.1) is 11.3 Å². The van der Waals surface area contributed by atoms with Crippen LogP contribution in [0.15, 0.2) is 126 Å². The van der Waals surface area contributed by atoms with Crippen LogP contribution >= 0.6 is 0 Å². The highest BCUT2D eigenvalue weighted by Gasteiger charge is 2.20. The Bertz CT molecular complexity index is 1920. The van der Waals surface area contributed by atoms with Gasteiger partial charge in [-0.05, 0) is 63.5 Å². The molecule has 0 unspecified atom stereocenters. The highest BCUT2D eigenvalue weighted by atomic mass is 16.5. The normalized spacial score (nSPS) is 11.5. The Morgan fingerprint density at radius 1 is 0.780 bits per heavy atom. The van der Waals surface area contributed by atoms with Crippen molar-refractivity contribution >= 4 is 45.2 Å². The van der Waals surface area contributed by atoms with Crippen LogP contribution in [0.4, 0.5) is 11.4 Å². The Hall–Kier alpha value is -5.62. The molecule has 0 atom stereocenters. The minimum Gasteiger partial charge on any atom is -0.507 e. The molecule has 0 aromatic heterocycles. The number of hydrogen-bond acceptors (Lipinski definition) is 4. The van der Waals surface area contributed by atoms with Gasteiger partial charge < -0.3 is 20.9 Å². The number of carbonyl (C=O) groups excluding carboxylic acids is 1. The van der Waals surface area contributed by atoms with E-state index in [0.717, 1.165) is 44.0 Å². The lowest BCUT2D eigenvalue weighted by Crippen LogP contribution is -2.22. The zero-order valence-electron chi connectivity index (χ0n) is 22.1. The Morgan fingerprint density at radius 3 is 2.27 bits per heavy atom. The number of guanidine groups is 1. The fourth-order valence-electron chi connectivity index (χ4n) is 5.05. The molecule has 200 valence electrons. The van der Waals surface area contributed by atoms with Crippen molar-refractivity contribution in [2.75, 3.05) is 5.32 Å². The number of phenols is 1. The van der Waals surface area contributed by atoms with E-state index < -0.39 is 0 Å². The van der Waals surface area contributed by atoms with Crippen LogP contribution in [0, 0.1) is 0 Å². The second-order valence-electron chi connectivity index (χ2n) is 9.63. The van der Waals surface area contributed by atoms with E-state index in [1.165, 1.54) is 0 Å². The molecule has 6 nitrogen and oxygen atoms in total. The molecular weight excluding hydrogens is 510 g/mol. The van der Waals surface area contributed by atoms with Crippen LogP contribution in [0.5, 0.6) is 11.5 Å². The Morgan fingerprint density at radius 2 is 1.49 bits per heavy atom. The number of hydrogen-bond donors (Lipinski definition) is 3. The number of aldehydes is 1. The van der Waals surface area contributed by atoms with Gasteiger partial charge >= 0.3 is 0 Å². The van der Waals surface area contributed by atoms with Gasteiger partial charge in [-0.25, -0.2) is 4.99 Å². The number of aromatic hydroxyl groups is 1. The topological polar surface area (TPSA) is 96.9 Å². The average molecular weight is 538 g/mol. The molecule has 0 saturated heterocycles. The number of para-hydroxylation sites is 1. The fourth-order valence-corrected chi connectivity index (χ4v) is 5.05. The van der Waals surface area contributed by atoms with E-state index >= 15 is 0 Å². The molecule has 0 heterocycles. The highest BCUT2D eigenvalue weighted by Crippen LogP contribution is 2.46. The highest BCUT2D eigenvalue weighted by molar-refractivity contribution is 6.12. The summed E-state index contributed by atoms with van der Waals surface area (Å²) in [4.78, 5) is 16.3. The molecule has 41 heavy (non-hydrogen) atoms. The quantitative estimate of drug-likeness (QED) is 0.110. The minimum atomic E-state index is -0.0701. The molecule has 0 fully saturated rings. The summed E-state index contributed by atoms with van der Waals surface area (Å²) in [6.45, 7) is 0.267. The van der Waals surface area contributed by atoms with Crippen molar-refractivity contribution in [1.29, 1.82) is 0 Å². The van der Waals surface area contributed by atoms with Gasteiger partial charge in [-0.2, -0.15) is 0 Å². The summed E-state index contributed by atoms with van der Waals surface area (Å²) >= 11 is 0. The number of anilines is 1. The van der Waals surface area contributed by atoms with Gasteiger partial charge in [0.15, 0.2) is 12.2 Å². The number of ether oxygens (including phenoxy) is 1. The largest absolute Gasteiger partial charge is 0.507 e. The fraction of sp³-hybridized carbons (Fsp3) is 0.0286. The predicted molar refractivity (Wildman–Crippen MR) is 166 cm³/mol. The first-order valence-electron chi connectivity index (χ1n) is 13.2. The summed E-state index contributed by atoms with van der Waals surface area (Å²) in [7, 11) is 0. The predicted octanol–water partition coefficient (Wildman–Crippen LogP) is 7.82. The van der Waals surface area contributed by atoms with Crippen molar-refractivity contribution in [3.63, 3.8) is 0 Å². The number of nitrogens with zero attached hydrogens (tertiary/aromatic N) is 1. The summed E-state index contributed by atoms with van der Waals surface area (Å²) in [6, 6.07) is 38.5. The van der Waals surface area contributed by atoms with Gasteiger partial charge in [0, 0.05) is 16.8 Å². The number of carbonyl (C=O) groups is 1. The van der Waals surface area contributed by atoms with Crippen LogP contribution in [0.1, 0.15) is 15.9 Å². The number of phenolic OH excluding ortho intramolecular Hbond substituents is 1. The molecule has 0 aliphatic carbocycles. The SMILES string of the molecule is NC(=Nc1ccccc1)Nc1cccc(COc2ccc3ccccc3c2-c2c(O)c(C=O)cc3ccccc23)c1. The van der Waals surface area contributed by atoms with Crippen LogP contribution in [-0.2, 0) is 6.61 Å². The maximum Gasteiger partial charge on any atom is 0.198 e. The number of aliphatic imine (C=N–C) groups is 1. The third kappa shape index (κ3) is 5.31. The Balaban J connectivity index is 1.37. The summed E-state index contributed by atoms with van der Waals surface area (Å²) in [6.07, 6.45) is 0.683. The minimum absolute atomic E-state index is 0.0701. The number of fused-ring (bicyclic) bond motifs is 2. The molecular formula is C35H27N3O3. The molecule has 0 saturated carbocycles. The van der Waals surface area contributed by atoms with Crippen LogP contribution in [-0.4, -0.2) is 17.4 Å². The van der Waals surface area contributed by atoms with Crippen molar-refractivity contribution < 1.29 is 14.6 Å². The van der Waals surface area contributed by atoms with Crippen LogP contribution in [0.2, 0.25) is 0 Å². The summed E-state index contributed by atoms with van der Waals surface area (Å²) in [5, 5.41) is 18.0. The Kier molecular flexibility index (Phi) is 7.03. The van der Waals surface area contributed by atoms with Crippen molar-refractivity contribution in [1.82, 2.24) is 0 Å². The van der Waals surface area contributed by atoms with E-state index in [9.17, 15) is 9.90 Å². The third-order valence-corrected chi connectivity index (χ3v) is 6.92. The maximum atomic E-state index is 11.9. The van der Waals surface area contributed by atoms with E-state index in [4.69, 9.17) is 10.5 Å². The summed E-state index contributed by atoms with van der Waals surface area (Å²) in [5.74, 6) is 0.804. The first kappa shape index (κ1) is 25.6. The second kappa shape index (κ2) is 11.2. The van der Waals surface area contributed by atoms with Crippen molar-refractivity contribution in [3.8, 4) is 22.6 Å². The molecule has 6 rings (SSSR count). The number of benzene rings is 6. The lowest BCUT2D eigenvalue weighted by Gasteiger charge is -2.18.